The lowest BCUT2D eigenvalue weighted by Crippen LogP contribution is -2.37. The summed E-state index contributed by atoms with van der Waals surface area (Å²) in [5.74, 6) is 1.44. The first-order valence-corrected chi connectivity index (χ1v) is 8.17. The molecule has 0 unspecified atom stereocenters. The molecule has 0 saturated carbocycles. The van der Waals surface area contributed by atoms with Crippen LogP contribution in [0.2, 0.25) is 0 Å². The molecule has 0 amide bonds. The van der Waals surface area contributed by atoms with E-state index in [-0.39, 0.29) is 5.82 Å². The summed E-state index contributed by atoms with van der Waals surface area (Å²) >= 11 is 0. The van der Waals surface area contributed by atoms with Gasteiger partial charge in [0.25, 0.3) is 0 Å². The van der Waals surface area contributed by atoms with E-state index in [2.05, 4.69) is 10.2 Å². The van der Waals surface area contributed by atoms with Crippen molar-refractivity contribution in [1.29, 1.82) is 0 Å². The molecule has 5 heteroatoms. The lowest BCUT2D eigenvalue weighted by atomic mass is 10.2. The number of rotatable bonds is 7. The predicted molar refractivity (Wildman–Crippen MR) is 87.7 cm³/mol. The maximum Gasteiger partial charge on any atom is 0.134 e. The number of nitrogens with one attached hydrogen (secondary N) is 1. The Bertz CT molecular complexity index is 591. The zero-order valence-electron chi connectivity index (χ0n) is 13.3. The molecule has 1 aliphatic rings. The Labute approximate surface area is 136 Å². The summed E-state index contributed by atoms with van der Waals surface area (Å²) in [4.78, 5) is 2.44. The van der Waals surface area contributed by atoms with E-state index in [9.17, 15) is 4.39 Å². The van der Waals surface area contributed by atoms with Crippen molar-refractivity contribution in [3.8, 4) is 11.3 Å². The van der Waals surface area contributed by atoms with Crippen LogP contribution in [-0.2, 0) is 11.3 Å². The van der Waals surface area contributed by atoms with Crippen LogP contribution in [0, 0.1) is 5.82 Å². The number of nitrogens with zero attached hydrogens (tertiary/aromatic N) is 1. The zero-order valence-corrected chi connectivity index (χ0v) is 13.3. The van der Waals surface area contributed by atoms with Gasteiger partial charge in [-0.2, -0.15) is 0 Å². The first-order valence-electron chi connectivity index (χ1n) is 8.17. The Hall–Kier alpha value is -1.69. The van der Waals surface area contributed by atoms with E-state index < -0.39 is 0 Å². The van der Waals surface area contributed by atoms with Gasteiger partial charge in [-0.1, -0.05) is 0 Å². The molecule has 2 aromatic rings. The van der Waals surface area contributed by atoms with Crippen molar-refractivity contribution in [3.05, 3.63) is 48.0 Å². The van der Waals surface area contributed by atoms with Crippen LogP contribution in [0.4, 0.5) is 4.39 Å². The van der Waals surface area contributed by atoms with Crippen LogP contribution in [0.3, 0.4) is 0 Å². The molecule has 0 radical (unpaired) electrons. The van der Waals surface area contributed by atoms with Crippen LogP contribution in [-0.4, -0.2) is 44.3 Å². The van der Waals surface area contributed by atoms with Crippen molar-refractivity contribution in [3.63, 3.8) is 0 Å². The Morgan fingerprint density at radius 3 is 2.61 bits per heavy atom. The SMILES string of the molecule is Fc1ccc(-c2ccc(CNCCCN3CCOCC3)o2)cc1. The van der Waals surface area contributed by atoms with Crippen molar-refractivity contribution < 1.29 is 13.5 Å². The Morgan fingerprint density at radius 2 is 1.83 bits per heavy atom. The van der Waals surface area contributed by atoms with Crippen LogP contribution < -0.4 is 5.32 Å². The van der Waals surface area contributed by atoms with E-state index >= 15 is 0 Å². The third-order valence-corrected chi connectivity index (χ3v) is 4.02. The van der Waals surface area contributed by atoms with Gasteiger partial charge in [-0.3, -0.25) is 4.90 Å². The molecule has 1 aromatic heterocycles. The monoisotopic (exact) mass is 318 g/mol. The van der Waals surface area contributed by atoms with Gasteiger partial charge in [0, 0.05) is 18.7 Å². The fourth-order valence-electron chi connectivity index (χ4n) is 2.71. The lowest BCUT2D eigenvalue weighted by Gasteiger charge is -2.26. The largest absolute Gasteiger partial charge is 0.460 e. The third-order valence-electron chi connectivity index (χ3n) is 4.02. The molecule has 1 N–H and O–H groups in total. The molecule has 3 rings (SSSR count). The first-order chi connectivity index (χ1) is 11.3. The molecule has 1 fully saturated rings. The summed E-state index contributed by atoms with van der Waals surface area (Å²) in [7, 11) is 0. The highest BCUT2D eigenvalue weighted by Gasteiger charge is 2.09. The van der Waals surface area contributed by atoms with Gasteiger partial charge in [-0.25, -0.2) is 4.39 Å². The van der Waals surface area contributed by atoms with Crippen LogP contribution in [0.5, 0.6) is 0 Å². The smallest absolute Gasteiger partial charge is 0.134 e. The topological polar surface area (TPSA) is 37.6 Å². The molecule has 1 aromatic carbocycles. The van der Waals surface area contributed by atoms with Crippen LogP contribution in [0.15, 0.2) is 40.8 Å². The highest BCUT2D eigenvalue weighted by Crippen LogP contribution is 2.22. The standard InChI is InChI=1S/C18H23FN2O2/c19-16-4-2-15(3-5-16)18-7-6-17(23-18)14-20-8-1-9-21-10-12-22-13-11-21/h2-7,20H,1,8-14H2. The average molecular weight is 318 g/mol. The van der Waals surface area contributed by atoms with Crippen molar-refractivity contribution >= 4 is 0 Å². The zero-order chi connectivity index (χ0) is 15.9. The van der Waals surface area contributed by atoms with Gasteiger partial charge in [0.1, 0.15) is 17.3 Å². The van der Waals surface area contributed by atoms with Gasteiger partial charge in [0.15, 0.2) is 0 Å². The molecule has 1 aliphatic heterocycles. The van der Waals surface area contributed by atoms with E-state index in [0.29, 0.717) is 6.54 Å². The van der Waals surface area contributed by atoms with E-state index in [0.717, 1.165) is 62.9 Å². The van der Waals surface area contributed by atoms with Crippen LogP contribution >= 0.6 is 0 Å². The molecule has 0 aliphatic carbocycles. The molecular formula is C18H23FN2O2. The van der Waals surface area contributed by atoms with E-state index in [1.165, 1.54) is 12.1 Å². The summed E-state index contributed by atoms with van der Waals surface area (Å²) in [6.07, 6.45) is 1.12. The summed E-state index contributed by atoms with van der Waals surface area (Å²) in [5, 5.41) is 3.40. The minimum Gasteiger partial charge on any atom is -0.460 e. The predicted octanol–water partition coefficient (Wildman–Crippen LogP) is 2.90. The molecule has 1 saturated heterocycles. The summed E-state index contributed by atoms with van der Waals surface area (Å²) in [5.41, 5.74) is 0.893. The second kappa shape index (κ2) is 8.24. The van der Waals surface area contributed by atoms with Crippen molar-refractivity contribution in [1.82, 2.24) is 10.2 Å². The van der Waals surface area contributed by atoms with Crippen molar-refractivity contribution in [2.45, 2.75) is 13.0 Å². The maximum atomic E-state index is 12.9. The lowest BCUT2D eigenvalue weighted by molar-refractivity contribution is 0.0374. The number of hydrogen-bond acceptors (Lipinski definition) is 4. The van der Waals surface area contributed by atoms with E-state index in [1.807, 2.05) is 12.1 Å². The second-order valence-corrected chi connectivity index (χ2v) is 5.76. The Balaban J connectivity index is 1.38. The number of ether oxygens (including phenoxy) is 1. The normalized spacial score (nSPS) is 15.9. The molecule has 0 spiro atoms. The van der Waals surface area contributed by atoms with Crippen LogP contribution in [0.1, 0.15) is 12.2 Å². The van der Waals surface area contributed by atoms with E-state index in [4.69, 9.17) is 9.15 Å². The Kier molecular flexibility index (Phi) is 5.80. The number of morpholine rings is 1. The number of hydrogen-bond donors (Lipinski definition) is 1. The van der Waals surface area contributed by atoms with Gasteiger partial charge in [-0.15, -0.1) is 0 Å². The quantitative estimate of drug-likeness (QED) is 0.797. The van der Waals surface area contributed by atoms with Gasteiger partial charge in [0.05, 0.1) is 19.8 Å². The highest BCUT2D eigenvalue weighted by atomic mass is 19.1. The molecule has 124 valence electrons. The van der Waals surface area contributed by atoms with Crippen molar-refractivity contribution in [2.75, 3.05) is 39.4 Å². The first kappa shape index (κ1) is 16.2. The highest BCUT2D eigenvalue weighted by molar-refractivity contribution is 5.57. The van der Waals surface area contributed by atoms with Crippen molar-refractivity contribution in [2.24, 2.45) is 0 Å². The summed E-state index contributed by atoms with van der Waals surface area (Å²) in [6.45, 7) is 6.57. The Morgan fingerprint density at radius 1 is 1.04 bits per heavy atom. The molecule has 2 heterocycles. The number of benzene rings is 1. The van der Waals surface area contributed by atoms with Gasteiger partial charge < -0.3 is 14.5 Å². The molecule has 4 nitrogen and oxygen atoms in total. The molecule has 0 atom stereocenters. The van der Waals surface area contributed by atoms with Crippen LogP contribution in [0.25, 0.3) is 11.3 Å². The number of furan rings is 1. The molecule has 0 bridgehead atoms. The van der Waals surface area contributed by atoms with Gasteiger partial charge in [0.2, 0.25) is 0 Å². The maximum absolute atomic E-state index is 12.9. The fraction of sp³-hybridized carbons (Fsp3) is 0.444. The van der Waals surface area contributed by atoms with E-state index in [1.54, 1.807) is 12.1 Å². The average Bonchev–Trinajstić information content (AvgIpc) is 3.05. The number of halogens is 1. The molecular weight excluding hydrogens is 295 g/mol. The fourth-order valence-corrected chi connectivity index (χ4v) is 2.71. The second-order valence-electron chi connectivity index (χ2n) is 5.76. The minimum absolute atomic E-state index is 0.234. The summed E-state index contributed by atoms with van der Waals surface area (Å²) in [6, 6.07) is 10.2. The van der Waals surface area contributed by atoms with Gasteiger partial charge in [-0.05, 0) is 55.9 Å². The summed E-state index contributed by atoms with van der Waals surface area (Å²) < 4.78 is 24.1. The minimum atomic E-state index is -0.234. The molecule has 23 heavy (non-hydrogen) atoms. The van der Waals surface area contributed by atoms with Gasteiger partial charge >= 0.3 is 0 Å². The third kappa shape index (κ3) is 4.89.